The van der Waals surface area contributed by atoms with Crippen molar-refractivity contribution in [3.05, 3.63) is 35.1 Å². The quantitative estimate of drug-likeness (QED) is 0.882. The lowest BCUT2D eigenvalue weighted by atomic mass is 10.3. The molecule has 88 valence electrons. The predicted octanol–water partition coefficient (Wildman–Crippen LogP) is 2.62. The first kappa shape index (κ1) is 11.7. The standard InChI is InChI=1S/C11H10BrN3O2/c1-16-8-2-3-10(9(13)4-8)17-11-14-5-7(12)6-15-11/h2-6H,13H2,1H3. The van der Waals surface area contributed by atoms with Gasteiger partial charge in [0.05, 0.1) is 17.3 Å². The van der Waals surface area contributed by atoms with Crippen molar-refractivity contribution in [3.63, 3.8) is 0 Å². The van der Waals surface area contributed by atoms with Gasteiger partial charge in [0.2, 0.25) is 0 Å². The second-order valence-corrected chi connectivity index (χ2v) is 4.11. The second-order valence-electron chi connectivity index (χ2n) is 3.19. The maximum absolute atomic E-state index is 5.80. The van der Waals surface area contributed by atoms with Gasteiger partial charge in [0.15, 0.2) is 5.75 Å². The van der Waals surface area contributed by atoms with E-state index in [2.05, 4.69) is 25.9 Å². The zero-order chi connectivity index (χ0) is 12.3. The number of rotatable bonds is 3. The van der Waals surface area contributed by atoms with E-state index in [1.165, 1.54) is 0 Å². The number of methoxy groups -OCH3 is 1. The van der Waals surface area contributed by atoms with E-state index in [1.54, 1.807) is 37.7 Å². The van der Waals surface area contributed by atoms with Crippen molar-refractivity contribution in [1.82, 2.24) is 9.97 Å². The lowest BCUT2D eigenvalue weighted by Crippen LogP contribution is -1.96. The fourth-order valence-electron chi connectivity index (χ4n) is 1.20. The number of halogens is 1. The number of nitrogens with two attached hydrogens (primary N) is 1. The molecular formula is C11H10BrN3O2. The highest BCUT2D eigenvalue weighted by Gasteiger charge is 2.05. The molecule has 0 atom stereocenters. The molecule has 1 aromatic heterocycles. The summed E-state index contributed by atoms with van der Waals surface area (Å²) in [6.07, 6.45) is 3.20. The van der Waals surface area contributed by atoms with Crippen LogP contribution in [0.15, 0.2) is 35.1 Å². The Bertz CT molecular complexity index is 517. The van der Waals surface area contributed by atoms with Gasteiger partial charge < -0.3 is 15.2 Å². The topological polar surface area (TPSA) is 70.3 Å². The molecule has 0 saturated heterocycles. The maximum Gasteiger partial charge on any atom is 0.322 e. The minimum absolute atomic E-state index is 0.241. The molecule has 0 saturated carbocycles. The number of aromatic nitrogens is 2. The van der Waals surface area contributed by atoms with Gasteiger partial charge in [-0.2, -0.15) is 0 Å². The Morgan fingerprint density at radius 3 is 2.53 bits per heavy atom. The third-order valence-corrected chi connectivity index (χ3v) is 2.42. The minimum atomic E-state index is 0.241. The first-order valence-electron chi connectivity index (χ1n) is 4.78. The van der Waals surface area contributed by atoms with Crippen LogP contribution in [-0.4, -0.2) is 17.1 Å². The Labute approximate surface area is 107 Å². The van der Waals surface area contributed by atoms with E-state index >= 15 is 0 Å². The van der Waals surface area contributed by atoms with E-state index in [0.29, 0.717) is 17.2 Å². The average Bonchev–Trinajstić information content (AvgIpc) is 2.34. The summed E-state index contributed by atoms with van der Waals surface area (Å²) < 4.78 is 11.3. The van der Waals surface area contributed by atoms with E-state index in [9.17, 15) is 0 Å². The van der Waals surface area contributed by atoms with Gasteiger partial charge in [-0.15, -0.1) is 0 Å². The lowest BCUT2D eigenvalue weighted by Gasteiger charge is -2.07. The minimum Gasteiger partial charge on any atom is -0.497 e. The van der Waals surface area contributed by atoms with Gasteiger partial charge in [-0.3, -0.25) is 0 Å². The van der Waals surface area contributed by atoms with Gasteiger partial charge in [0.1, 0.15) is 5.75 Å². The van der Waals surface area contributed by atoms with Gasteiger partial charge in [0.25, 0.3) is 0 Å². The van der Waals surface area contributed by atoms with Crippen molar-refractivity contribution < 1.29 is 9.47 Å². The van der Waals surface area contributed by atoms with Crippen LogP contribution in [0.4, 0.5) is 5.69 Å². The van der Waals surface area contributed by atoms with E-state index < -0.39 is 0 Å². The van der Waals surface area contributed by atoms with Crippen LogP contribution in [0.5, 0.6) is 17.5 Å². The third kappa shape index (κ3) is 2.85. The van der Waals surface area contributed by atoms with E-state index in [4.69, 9.17) is 15.2 Å². The van der Waals surface area contributed by atoms with Crippen LogP contribution in [0.3, 0.4) is 0 Å². The highest BCUT2D eigenvalue weighted by Crippen LogP contribution is 2.29. The summed E-state index contributed by atoms with van der Waals surface area (Å²) in [6, 6.07) is 5.38. The molecule has 17 heavy (non-hydrogen) atoms. The molecule has 6 heteroatoms. The average molecular weight is 296 g/mol. The van der Waals surface area contributed by atoms with Crippen molar-refractivity contribution in [2.45, 2.75) is 0 Å². The third-order valence-electron chi connectivity index (χ3n) is 2.01. The van der Waals surface area contributed by atoms with Crippen molar-refractivity contribution in [1.29, 1.82) is 0 Å². The van der Waals surface area contributed by atoms with Crippen LogP contribution in [0.2, 0.25) is 0 Å². The highest BCUT2D eigenvalue weighted by molar-refractivity contribution is 9.10. The summed E-state index contributed by atoms with van der Waals surface area (Å²) in [5.74, 6) is 1.17. The molecule has 0 fully saturated rings. The number of benzene rings is 1. The summed E-state index contributed by atoms with van der Waals surface area (Å²) in [7, 11) is 1.58. The number of hydrogen-bond donors (Lipinski definition) is 1. The first-order chi connectivity index (χ1) is 8.19. The summed E-state index contributed by atoms with van der Waals surface area (Å²) in [4.78, 5) is 7.98. The van der Waals surface area contributed by atoms with Gasteiger partial charge in [-0.1, -0.05) is 0 Å². The molecule has 2 aromatic rings. The maximum atomic E-state index is 5.80. The molecule has 2 N–H and O–H groups in total. The Kier molecular flexibility index (Phi) is 3.43. The molecule has 0 spiro atoms. The molecule has 5 nitrogen and oxygen atoms in total. The fraction of sp³-hybridized carbons (Fsp3) is 0.0909. The Morgan fingerprint density at radius 2 is 1.94 bits per heavy atom. The van der Waals surface area contributed by atoms with Crippen molar-refractivity contribution >= 4 is 21.6 Å². The SMILES string of the molecule is COc1ccc(Oc2ncc(Br)cn2)c(N)c1. The largest absolute Gasteiger partial charge is 0.497 e. The molecule has 1 heterocycles. The van der Waals surface area contributed by atoms with E-state index in [-0.39, 0.29) is 6.01 Å². The highest BCUT2D eigenvalue weighted by atomic mass is 79.9. The lowest BCUT2D eigenvalue weighted by molar-refractivity contribution is 0.411. The Hall–Kier alpha value is -1.82. The summed E-state index contributed by atoms with van der Waals surface area (Å²) in [5.41, 5.74) is 6.27. The number of anilines is 1. The number of ether oxygens (including phenoxy) is 2. The zero-order valence-electron chi connectivity index (χ0n) is 9.05. The second kappa shape index (κ2) is 5.01. The van der Waals surface area contributed by atoms with Crippen LogP contribution in [-0.2, 0) is 0 Å². The van der Waals surface area contributed by atoms with E-state index in [0.717, 1.165) is 4.47 Å². The van der Waals surface area contributed by atoms with Gasteiger partial charge in [-0.25, -0.2) is 9.97 Å². The molecule has 0 aliphatic carbocycles. The van der Waals surface area contributed by atoms with Crippen LogP contribution < -0.4 is 15.2 Å². The van der Waals surface area contributed by atoms with Crippen LogP contribution in [0.25, 0.3) is 0 Å². The molecular weight excluding hydrogens is 286 g/mol. The van der Waals surface area contributed by atoms with Gasteiger partial charge in [-0.05, 0) is 28.1 Å². The van der Waals surface area contributed by atoms with E-state index in [1.807, 2.05) is 0 Å². The molecule has 1 aromatic carbocycles. The first-order valence-corrected chi connectivity index (χ1v) is 5.57. The van der Waals surface area contributed by atoms with Crippen LogP contribution in [0.1, 0.15) is 0 Å². The van der Waals surface area contributed by atoms with Crippen LogP contribution >= 0.6 is 15.9 Å². The van der Waals surface area contributed by atoms with Crippen molar-refractivity contribution in [2.24, 2.45) is 0 Å². The summed E-state index contributed by atoms with van der Waals surface area (Å²) in [5, 5.41) is 0. The number of nitrogens with zero attached hydrogens (tertiary/aromatic N) is 2. The normalized spacial score (nSPS) is 10.0. The number of hydrogen-bond acceptors (Lipinski definition) is 5. The van der Waals surface area contributed by atoms with Gasteiger partial charge in [0, 0.05) is 18.5 Å². The Balaban J connectivity index is 2.21. The summed E-state index contributed by atoms with van der Waals surface area (Å²) in [6.45, 7) is 0. The molecule has 0 unspecified atom stereocenters. The molecule has 0 aliphatic heterocycles. The van der Waals surface area contributed by atoms with Crippen molar-refractivity contribution in [2.75, 3.05) is 12.8 Å². The monoisotopic (exact) mass is 295 g/mol. The summed E-state index contributed by atoms with van der Waals surface area (Å²) >= 11 is 3.24. The molecule has 0 radical (unpaired) electrons. The molecule has 0 aliphatic rings. The molecule has 2 rings (SSSR count). The molecule has 0 amide bonds. The number of nitrogen functional groups attached to an aromatic ring is 1. The zero-order valence-corrected chi connectivity index (χ0v) is 10.6. The smallest absolute Gasteiger partial charge is 0.322 e. The van der Waals surface area contributed by atoms with Gasteiger partial charge >= 0.3 is 6.01 Å². The molecule has 0 bridgehead atoms. The van der Waals surface area contributed by atoms with Crippen LogP contribution in [0, 0.1) is 0 Å². The fourth-order valence-corrected chi connectivity index (χ4v) is 1.40. The van der Waals surface area contributed by atoms with Crippen molar-refractivity contribution in [3.8, 4) is 17.5 Å². The Morgan fingerprint density at radius 1 is 1.24 bits per heavy atom. The predicted molar refractivity (Wildman–Crippen MR) is 67.2 cm³/mol.